The first-order valence-corrected chi connectivity index (χ1v) is 23.6. The monoisotopic (exact) mass is 871 g/mol. The van der Waals surface area contributed by atoms with Gasteiger partial charge in [0, 0.05) is 53.4 Å². The second kappa shape index (κ2) is 16.2. The average Bonchev–Trinajstić information content (AvgIpc) is 3.99. The zero-order chi connectivity index (χ0) is 44.3. The van der Waals surface area contributed by atoms with Gasteiger partial charge in [-0.3, -0.25) is 0 Å². The molecule has 2 nitrogen and oxygen atoms in total. The second-order valence-electron chi connectivity index (χ2n) is 17.2. The standard InChI is InChI=1S/C64H41NOS/c1-3-13-43(14-4-1)52-39-32-48(41-59(52)44-15-5-2-6-16-44)42-25-33-49(34-26-42)65(51-37-29-47(30-38-51)55-21-11-22-57-56-19-9-10-24-61(56)67-64(55)57)50-35-27-46(28-36-50)53-20-12-23-60-62(53)58-40-31-45-17-7-8-18-54(45)63(58)66-60/h1-41H. The highest BCUT2D eigenvalue weighted by molar-refractivity contribution is 7.26. The van der Waals surface area contributed by atoms with Crippen molar-refractivity contribution < 1.29 is 4.42 Å². The van der Waals surface area contributed by atoms with Crippen molar-refractivity contribution in [3.63, 3.8) is 0 Å². The molecule has 0 fully saturated rings. The summed E-state index contributed by atoms with van der Waals surface area (Å²) in [6.07, 6.45) is 0. The molecule has 0 spiro atoms. The molecule has 0 bridgehead atoms. The zero-order valence-electron chi connectivity index (χ0n) is 36.4. The SMILES string of the molecule is c1ccc(-c2ccc(-c3ccc(N(c4ccc(-c5cccc6c5sc5ccccc56)cc4)c4ccc(-c5cccc6oc7c8ccccc8ccc7c56)cc4)cc3)cc2-c2ccccc2)cc1. The summed E-state index contributed by atoms with van der Waals surface area (Å²) in [5.74, 6) is 0. The van der Waals surface area contributed by atoms with Gasteiger partial charge in [0.1, 0.15) is 11.2 Å². The molecule has 0 unspecified atom stereocenters. The molecule has 67 heavy (non-hydrogen) atoms. The summed E-state index contributed by atoms with van der Waals surface area (Å²) < 4.78 is 9.21. The Labute approximate surface area is 392 Å². The number of furan rings is 1. The van der Waals surface area contributed by atoms with Gasteiger partial charge in [0.25, 0.3) is 0 Å². The molecule has 0 radical (unpaired) electrons. The fraction of sp³-hybridized carbons (Fsp3) is 0. The van der Waals surface area contributed by atoms with Crippen LogP contribution in [0.5, 0.6) is 0 Å². The topological polar surface area (TPSA) is 16.4 Å². The van der Waals surface area contributed by atoms with Crippen LogP contribution in [-0.4, -0.2) is 0 Å². The van der Waals surface area contributed by atoms with Crippen LogP contribution in [0, 0.1) is 0 Å². The third-order valence-corrected chi connectivity index (χ3v) is 14.5. The lowest BCUT2D eigenvalue weighted by Crippen LogP contribution is -2.09. The molecule has 314 valence electrons. The fourth-order valence-electron chi connectivity index (χ4n) is 10.0. The van der Waals surface area contributed by atoms with E-state index in [2.05, 4.69) is 254 Å². The molecule has 0 aliphatic rings. The fourth-order valence-corrected chi connectivity index (χ4v) is 11.3. The van der Waals surface area contributed by atoms with Crippen molar-refractivity contribution in [3.05, 3.63) is 249 Å². The van der Waals surface area contributed by atoms with Crippen LogP contribution in [0.4, 0.5) is 17.1 Å². The van der Waals surface area contributed by atoms with Crippen LogP contribution < -0.4 is 4.90 Å². The summed E-state index contributed by atoms with van der Waals surface area (Å²) in [5.41, 5.74) is 17.0. The molecular weight excluding hydrogens is 831 g/mol. The Hall–Kier alpha value is -8.50. The van der Waals surface area contributed by atoms with Gasteiger partial charge in [0.05, 0.1) is 0 Å². The highest BCUT2D eigenvalue weighted by Gasteiger charge is 2.19. The van der Waals surface area contributed by atoms with Crippen molar-refractivity contribution in [2.24, 2.45) is 0 Å². The number of benzene rings is 11. The van der Waals surface area contributed by atoms with E-state index in [9.17, 15) is 0 Å². The second-order valence-corrected chi connectivity index (χ2v) is 18.2. The molecule has 0 amide bonds. The van der Waals surface area contributed by atoms with E-state index in [1.54, 1.807) is 0 Å². The number of thiophene rings is 1. The molecule has 0 saturated heterocycles. The summed E-state index contributed by atoms with van der Waals surface area (Å²) in [4.78, 5) is 2.37. The van der Waals surface area contributed by atoms with Crippen molar-refractivity contribution in [3.8, 4) is 55.6 Å². The Kier molecular flexibility index (Phi) is 9.40. The molecule has 0 N–H and O–H groups in total. The number of rotatable bonds is 8. The Morgan fingerprint density at radius 1 is 0.313 bits per heavy atom. The number of hydrogen-bond donors (Lipinski definition) is 0. The van der Waals surface area contributed by atoms with E-state index < -0.39 is 0 Å². The third kappa shape index (κ3) is 6.79. The number of hydrogen-bond acceptors (Lipinski definition) is 3. The molecule has 0 aliphatic carbocycles. The Balaban J connectivity index is 0.904. The van der Waals surface area contributed by atoms with Gasteiger partial charge in [-0.1, -0.05) is 188 Å². The maximum absolute atomic E-state index is 6.57. The molecular formula is C64H41NOS. The molecule has 2 aromatic heterocycles. The lowest BCUT2D eigenvalue weighted by molar-refractivity contribution is 0.673. The summed E-state index contributed by atoms with van der Waals surface area (Å²) in [6.45, 7) is 0. The van der Waals surface area contributed by atoms with Crippen molar-refractivity contribution in [1.29, 1.82) is 0 Å². The van der Waals surface area contributed by atoms with Crippen LogP contribution >= 0.6 is 11.3 Å². The first kappa shape index (κ1) is 38.9. The van der Waals surface area contributed by atoms with Gasteiger partial charge < -0.3 is 9.32 Å². The lowest BCUT2D eigenvalue weighted by atomic mass is 9.91. The van der Waals surface area contributed by atoms with E-state index in [0.29, 0.717) is 0 Å². The minimum atomic E-state index is 0.895. The van der Waals surface area contributed by atoms with E-state index in [1.807, 2.05) is 11.3 Å². The highest BCUT2D eigenvalue weighted by Crippen LogP contribution is 2.44. The minimum Gasteiger partial charge on any atom is -0.455 e. The first-order valence-electron chi connectivity index (χ1n) is 22.8. The van der Waals surface area contributed by atoms with Gasteiger partial charge >= 0.3 is 0 Å². The van der Waals surface area contributed by atoms with E-state index in [1.165, 1.54) is 64.5 Å². The predicted octanol–water partition coefficient (Wildman–Crippen LogP) is 18.9. The van der Waals surface area contributed by atoms with E-state index in [-0.39, 0.29) is 0 Å². The summed E-state index contributed by atoms with van der Waals surface area (Å²) >= 11 is 1.87. The van der Waals surface area contributed by atoms with Crippen molar-refractivity contribution >= 4 is 81.3 Å². The van der Waals surface area contributed by atoms with Crippen molar-refractivity contribution in [1.82, 2.24) is 0 Å². The normalized spacial score (nSPS) is 11.6. The average molecular weight is 872 g/mol. The van der Waals surface area contributed by atoms with E-state index >= 15 is 0 Å². The smallest absolute Gasteiger partial charge is 0.143 e. The highest BCUT2D eigenvalue weighted by atomic mass is 32.1. The maximum Gasteiger partial charge on any atom is 0.143 e. The molecule has 13 aromatic rings. The number of nitrogens with zero attached hydrogens (tertiary/aromatic N) is 1. The van der Waals surface area contributed by atoms with Gasteiger partial charge in [-0.15, -0.1) is 11.3 Å². The van der Waals surface area contributed by atoms with Crippen LogP contribution in [0.3, 0.4) is 0 Å². The molecule has 0 aliphatic heterocycles. The van der Waals surface area contributed by atoms with Crippen LogP contribution in [0.15, 0.2) is 253 Å². The Morgan fingerprint density at radius 3 is 1.57 bits per heavy atom. The summed E-state index contributed by atoms with van der Waals surface area (Å²) in [5, 5.41) is 7.20. The van der Waals surface area contributed by atoms with Crippen LogP contribution in [0.1, 0.15) is 0 Å². The maximum atomic E-state index is 6.57. The Morgan fingerprint density at radius 2 is 0.851 bits per heavy atom. The van der Waals surface area contributed by atoms with Gasteiger partial charge in [-0.05, 0) is 122 Å². The first-order chi connectivity index (χ1) is 33.2. The molecule has 11 aromatic carbocycles. The lowest BCUT2D eigenvalue weighted by Gasteiger charge is -2.26. The van der Waals surface area contributed by atoms with Crippen LogP contribution in [-0.2, 0) is 0 Å². The van der Waals surface area contributed by atoms with Gasteiger partial charge in [0.2, 0.25) is 0 Å². The Bertz CT molecular complexity index is 3940. The van der Waals surface area contributed by atoms with Gasteiger partial charge in [0.15, 0.2) is 0 Å². The zero-order valence-corrected chi connectivity index (χ0v) is 37.3. The molecule has 0 atom stereocenters. The van der Waals surface area contributed by atoms with Gasteiger partial charge in [-0.2, -0.15) is 0 Å². The minimum absolute atomic E-state index is 0.895. The summed E-state index contributed by atoms with van der Waals surface area (Å²) in [6, 6.07) is 90.0. The number of anilines is 3. The van der Waals surface area contributed by atoms with Crippen LogP contribution in [0.2, 0.25) is 0 Å². The summed E-state index contributed by atoms with van der Waals surface area (Å²) in [7, 11) is 0. The van der Waals surface area contributed by atoms with Crippen molar-refractivity contribution in [2.45, 2.75) is 0 Å². The molecule has 0 saturated carbocycles. The molecule has 13 rings (SSSR count). The van der Waals surface area contributed by atoms with Crippen LogP contribution in [0.25, 0.3) is 109 Å². The van der Waals surface area contributed by atoms with Gasteiger partial charge in [-0.25, -0.2) is 0 Å². The largest absolute Gasteiger partial charge is 0.455 e. The third-order valence-electron chi connectivity index (χ3n) is 13.3. The molecule has 3 heteroatoms. The quantitative estimate of drug-likeness (QED) is 0.151. The molecule has 2 heterocycles. The van der Waals surface area contributed by atoms with E-state index in [0.717, 1.165) is 61.1 Å². The predicted molar refractivity (Wildman–Crippen MR) is 286 cm³/mol. The number of fused-ring (bicyclic) bond motifs is 8. The van der Waals surface area contributed by atoms with Crippen molar-refractivity contribution in [2.75, 3.05) is 4.90 Å². The van der Waals surface area contributed by atoms with E-state index in [4.69, 9.17) is 4.42 Å².